The molecule has 0 aliphatic carbocycles. The molecule has 4 aromatic rings. The minimum Gasteiger partial charge on any atom is -0.326 e. The first-order chi connectivity index (χ1) is 15.3. The highest BCUT2D eigenvalue weighted by Crippen LogP contribution is 2.24. The molecular formula is C25H25ClN4OS. The monoisotopic (exact) mass is 464 g/mol. The molecule has 2 aromatic heterocycles. The van der Waals surface area contributed by atoms with Crippen LogP contribution in [-0.2, 0) is 17.6 Å². The molecule has 2 aromatic carbocycles. The molecule has 0 saturated carbocycles. The van der Waals surface area contributed by atoms with Gasteiger partial charge in [-0.15, -0.1) is 11.3 Å². The molecule has 0 fully saturated rings. The highest BCUT2D eigenvalue weighted by molar-refractivity contribution is 7.12. The second kappa shape index (κ2) is 9.27. The van der Waals surface area contributed by atoms with E-state index in [2.05, 4.69) is 24.1 Å². The molecule has 1 N–H and O–H groups in total. The molecule has 0 aliphatic rings. The first-order valence-corrected chi connectivity index (χ1v) is 11.7. The van der Waals surface area contributed by atoms with E-state index in [-0.39, 0.29) is 12.3 Å². The molecule has 5 nitrogen and oxygen atoms in total. The van der Waals surface area contributed by atoms with Crippen LogP contribution in [0.2, 0.25) is 5.02 Å². The van der Waals surface area contributed by atoms with Crippen molar-refractivity contribution in [3.63, 3.8) is 0 Å². The molecule has 2 heterocycles. The molecule has 7 heteroatoms. The van der Waals surface area contributed by atoms with Crippen molar-refractivity contribution in [1.29, 1.82) is 0 Å². The molecular weight excluding hydrogens is 440 g/mol. The largest absolute Gasteiger partial charge is 0.326 e. The lowest BCUT2D eigenvalue weighted by atomic mass is 10.0. The molecule has 32 heavy (non-hydrogen) atoms. The maximum Gasteiger partial charge on any atom is 0.230 e. The van der Waals surface area contributed by atoms with E-state index in [0.29, 0.717) is 0 Å². The average molecular weight is 465 g/mol. The first-order valence-electron chi connectivity index (χ1n) is 10.4. The third-order valence-electron chi connectivity index (χ3n) is 5.59. The van der Waals surface area contributed by atoms with E-state index in [9.17, 15) is 4.79 Å². The summed E-state index contributed by atoms with van der Waals surface area (Å²) in [4.78, 5) is 17.2. The van der Waals surface area contributed by atoms with E-state index in [0.717, 1.165) is 44.9 Å². The Labute approximate surface area is 197 Å². The number of halogens is 1. The maximum atomic E-state index is 12.5. The van der Waals surface area contributed by atoms with Gasteiger partial charge >= 0.3 is 0 Å². The first kappa shape index (κ1) is 22.2. The van der Waals surface area contributed by atoms with Crippen molar-refractivity contribution in [3.05, 3.63) is 92.2 Å². The van der Waals surface area contributed by atoms with Gasteiger partial charge in [0.05, 0.1) is 17.8 Å². The number of nitrogens with one attached hydrogen (secondary N) is 1. The molecule has 0 spiro atoms. The van der Waals surface area contributed by atoms with E-state index in [1.165, 1.54) is 28.0 Å². The van der Waals surface area contributed by atoms with Crippen LogP contribution in [0.5, 0.6) is 0 Å². The number of rotatable bonds is 6. The quantitative estimate of drug-likeness (QED) is 0.381. The van der Waals surface area contributed by atoms with Gasteiger partial charge in [-0.2, -0.15) is 5.10 Å². The lowest BCUT2D eigenvalue weighted by molar-refractivity contribution is -0.115. The minimum atomic E-state index is -0.0816. The smallest absolute Gasteiger partial charge is 0.230 e. The average Bonchev–Trinajstić information content (AvgIpc) is 3.31. The van der Waals surface area contributed by atoms with E-state index in [1.54, 1.807) is 0 Å². The van der Waals surface area contributed by atoms with Crippen LogP contribution in [0.3, 0.4) is 0 Å². The second-order valence-corrected chi connectivity index (χ2v) is 9.28. The highest BCUT2D eigenvalue weighted by atomic mass is 35.5. The van der Waals surface area contributed by atoms with Crippen LogP contribution >= 0.6 is 22.9 Å². The number of carbonyl (C=O) groups is 1. The molecule has 0 unspecified atom stereocenters. The van der Waals surface area contributed by atoms with Crippen molar-refractivity contribution >= 4 is 34.5 Å². The Balaban J connectivity index is 1.47. The van der Waals surface area contributed by atoms with Gasteiger partial charge in [0.25, 0.3) is 0 Å². The van der Waals surface area contributed by atoms with Crippen molar-refractivity contribution in [1.82, 2.24) is 14.8 Å². The van der Waals surface area contributed by atoms with Crippen molar-refractivity contribution in [2.24, 2.45) is 0 Å². The number of hydrogen-bond acceptors (Lipinski definition) is 4. The maximum absolute atomic E-state index is 12.5. The molecule has 0 radical (unpaired) electrons. The van der Waals surface area contributed by atoms with Crippen LogP contribution in [0.25, 0.3) is 5.13 Å². The fraction of sp³-hybridized carbons (Fsp3) is 0.240. The third-order valence-corrected chi connectivity index (χ3v) is 6.71. The van der Waals surface area contributed by atoms with Crippen LogP contribution in [0, 0.1) is 27.7 Å². The molecule has 0 aliphatic heterocycles. The summed E-state index contributed by atoms with van der Waals surface area (Å²) in [5, 5.41) is 11.1. The molecule has 4 rings (SSSR count). The Bertz CT molecular complexity index is 1270. The predicted octanol–water partition coefficient (Wildman–Crippen LogP) is 5.99. The number of anilines is 1. The van der Waals surface area contributed by atoms with Gasteiger partial charge in [0, 0.05) is 33.8 Å². The molecule has 0 saturated heterocycles. The van der Waals surface area contributed by atoms with E-state index in [1.807, 2.05) is 66.4 Å². The van der Waals surface area contributed by atoms with Crippen LogP contribution in [-0.4, -0.2) is 20.7 Å². The predicted molar refractivity (Wildman–Crippen MR) is 131 cm³/mol. The number of carbonyl (C=O) groups excluding carboxylic acids is 1. The zero-order valence-electron chi connectivity index (χ0n) is 18.6. The number of hydrogen-bond donors (Lipinski definition) is 1. The van der Waals surface area contributed by atoms with Crippen molar-refractivity contribution in [2.45, 2.75) is 40.5 Å². The highest BCUT2D eigenvalue weighted by Gasteiger charge is 2.16. The van der Waals surface area contributed by atoms with Gasteiger partial charge < -0.3 is 5.32 Å². The van der Waals surface area contributed by atoms with Gasteiger partial charge in [-0.1, -0.05) is 29.8 Å². The summed E-state index contributed by atoms with van der Waals surface area (Å²) < 4.78 is 1.87. The lowest BCUT2D eigenvalue weighted by Gasteiger charge is -2.07. The lowest BCUT2D eigenvalue weighted by Crippen LogP contribution is -2.15. The number of benzene rings is 2. The Hall–Kier alpha value is -2.96. The minimum absolute atomic E-state index is 0.0816. The van der Waals surface area contributed by atoms with E-state index >= 15 is 0 Å². The van der Waals surface area contributed by atoms with Crippen molar-refractivity contribution < 1.29 is 4.79 Å². The Morgan fingerprint density at radius 2 is 1.81 bits per heavy atom. The van der Waals surface area contributed by atoms with Gasteiger partial charge in [-0.05, 0) is 68.7 Å². The number of aryl methyl sites for hydroxylation is 3. The second-order valence-electron chi connectivity index (χ2n) is 8.01. The van der Waals surface area contributed by atoms with Gasteiger partial charge in [0.15, 0.2) is 0 Å². The van der Waals surface area contributed by atoms with E-state index in [4.69, 9.17) is 16.7 Å². The summed E-state index contributed by atoms with van der Waals surface area (Å²) >= 11 is 7.50. The van der Waals surface area contributed by atoms with Crippen LogP contribution < -0.4 is 5.32 Å². The molecule has 0 bridgehead atoms. The zero-order chi connectivity index (χ0) is 22.8. The SMILES string of the molecule is Cc1ccc(NC(=O)Cc2csc(-n3nc(C)c(Cc4ccc(Cl)cc4)c3C)n2)cc1C. The molecule has 1 amide bonds. The summed E-state index contributed by atoms with van der Waals surface area (Å²) in [7, 11) is 0. The molecule has 164 valence electrons. The normalized spacial score (nSPS) is 11.0. The van der Waals surface area contributed by atoms with Gasteiger partial charge in [0.1, 0.15) is 0 Å². The number of thiazole rings is 1. The summed E-state index contributed by atoms with van der Waals surface area (Å²) in [5.74, 6) is -0.0816. The number of amides is 1. The van der Waals surface area contributed by atoms with E-state index < -0.39 is 0 Å². The van der Waals surface area contributed by atoms with Crippen LogP contribution in [0.1, 0.15) is 39.3 Å². The van der Waals surface area contributed by atoms with Crippen LogP contribution in [0.4, 0.5) is 5.69 Å². The zero-order valence-corrected chi connectivity index (χ0v) is 20.1. The van der Waals surface area contributed by atoms with Gasteiger partial charge in [0.2, 0.25) is 11.0 Å². The fourth-order valence-electron chi connectivity index (χ4n) is 3.59. The topological polar surface area (TPSA) is 59.8 Å². The third kappa shape index (κ3) is 4.92. The number of aromatic nitrogens is 3. The fourth-order valence-corrected chi connectivity index (χ4v) is 4.54. The Morgan fingerprint density at radius 1 is 1.06 bits per heavy atom. The molecule has 0 atom stereocenters. The Kier molecular flexibility index (Phi) is 6.44. The van der Waals surface area contributed by atoms with Crippen molar-refractivity contribution in [2.75, 3.05) is 5.32 Å². The number of nitrogens with zero attached hydrogens (tertiary/aromatic N) is 3. The van der Waals surface area contributed by atoms with Crippen LogP contribution in [0.15, 0.2) is 47.8 Å². The van der Waals surface area contributed by atoms with Crippen molar-refractivity contribution in [3.8, 4) is 5.13 Å². The van der Waals surface area contributed by atoms with Gasteiger partial charge in [-0.3, -0.25) is 4.79 Å². The summed E-state index contributed by atoms with van der Waals surface area (Å²) in [6.45, 7) is 8.16. The standard InChI is InChI=1S/C25H25ClN4OS/c1-15-5-10-21(11-16(15)2)27-24(31)13-22-14-32-25(28-22)30-18(4)23(17(3)29-30)12-19-6-8-20(26)9-7-19/h5-11,14H,12-13H2,1-4H3,(H,27,31). The van der Waals surface area contributed by atoms with Gasteiger partial charge in [-0.25, -0.2) is 9.67 Å². The summed E-state index contributed by atoms with van der Waals surface area (Å²) in [6.07, 6.45) is 1.01. The summed E-state index contributed by atoms with van der Waals surface area (Å²) in [5.41, 5.74) is 8.28. The summed E-state index contributed by atoms with van der Waals surface area (Å²) in [6, 6.07) is 13.8. The Morgan fingerprint density at radius 3 is 2.53 bits per heavy atom.